The first-order chi connectivity index (χ1) is 11.1. The molecule has 1 amide bonds. The average Bonchev–Trinajstić information content (AvgIpc) is 2.99. The number of para-hydroxylation sites is 2. The van der Waals surface area contributed by atoms with Crippen molar-refractivity contribution in [2.24, 2.45) is 0 Å². The van der Waals surface area contributed by atoms with Gasteiger partial charge in [-0.1, -0.05) is 30.3 Å². The molecule has 3 aromatic rings. The van der Waals surface area contributed by atoms with Crippen LogP contribution in [-0.2, 0) is 4.79 Å². The molecule has 0 bridgehead atoms. The zero-order chi connectivity index (χ0) is 16.2. The number of fused-ring (bicyclic) bond motifs is 1. The monoisotopic (exact) mass is 420 g/mol. The van der Waals surface area contributed by atoms with Gasteiger partial charge < -0.3 is 9.73 Å². The minimum absolute atomic E-state index is 0.0389. The first kappa shape index (κ1) is 16.0. The van der Waals surface area contributed by atoms with Crippen LogP contribution in [0.4, 0.5) is 5.69 Å². The second-order valence-electron chi connectivity index (χ2n) is 5.32. The van der Waals surface area contributed by atoms with Gasteiger partial charge in [-0.3, -0.25) is 10.1 Å². The molecule has 0 fully saturated rings. The molecular formula is C18H17IN2O2. The summed E-state index contributed by atoms with van der Waals surface area (Å²) >= 11 is 2.20. The van der Waals surface area contributed by atoms with Crippen LogP contribution in [0.1, 0.15) is 18.7 Å². The number of halogens is 1. The van der Waals surface area contributed by atoms with Crippen LogP contribution < -0.4 is 10.6 Å². The molecule has 3 rings (SSSR count). The van der Waals surface area contributed by atoms with Gasteiger partial charge in [0.15, 0.2) is 0 Å². The summed E-state index contributed by atoms with van der Waals surface area (Å²) in [6.45, 7) is 2.21. The number of rotatable bonds is 5. The molecule has 5 heteroatoms. The van der Waals surface area contributed by atoms with Gasteiger partial charge in [-0.05, 0) is 53.8 Å². The van der Waals surface area contributed by atoms with Crippen molar-refractivity contribution >= 4 is 45.2 Å². The van der Waals surface area contributed by atoms with Crippen LogP contribution in [0.15, 0.2) is 59.0 Å². The first-order valence-electron chi connectivity index (χ1n) is 7.40. The van der Waals surface area contributed by atoms with E-state index in [0.29, 0.717) is 0 Å². The molecule has 1 unspecified atom stereocenters. The topological polar surface area (TPSA) is 54.3 Å². The largest absolute Gasteiger partial charge is 0.459 e. The lowest BCUT2D eigenvalue weighted by Crippen LogP contribution is -2.30. The Labute approximate surface area is 148 Å². The molecule has 0 radical (unpaired) electrons. The Morgan fingerprint density at radius 2 is 1.91 bits per heavy atom. The Morgan fingerprint density at radius 1 is 1.17 bits per heavy atom. The second kappa shape index (κ2) is 7.14. The molecular weight excluding hydrogens is 403 g/mol. The molecule has 1 heterocycles. The number of hydrogen-bond donors (Lipinski definition) is 2. The number of anilines is 1. The van der Waals surface area contributed by atoms with Crippen molar-refractivity contribution in [2.45, 2.75) is 13.0 Å². The van der Waals surface area contributed by atoms with Crippen molar-refractivity contribution in [3.05, 3.63) is 63.9 Å². The summed E-state index contributed by atoms with van der Waals surface area (Å²) in [7, 11) is 0. The Kier molecular flexibility index (Phi) is 4.97. The van der Waals surface area contributed by atoms with Gasteiger partial charge in [0.2, 0.25) is 5.91 Å². The number of amides is 1. The van der Waals surface area contributed by atoms with E-state index in [2.05, 4.69) is 33.2 Å². The van der Waals surface area contributed by atoms with Crippen LogP contribution in [-0.4, -0.2) is 12.5 Å². The van der Waals surface area contributed by atoms with Gasteiger partial charge in [-0.15, -0.1) is 0 Å². The van der Waals surface area contributed by atoms with E-state index in [4.69, 9.17) is 4.42 Å². The van der Waals surface area contributed by atoms with E-state index in [1.54, 1.807) is 0 Å². The zero-order valence-electron chi connectivity index (χ0n) is 12.7. The van der Waals surface area contributed by atoms with Gasteiger partial charge in [-0.2, -0.15) is 0 Å². The van der Waals surface area contributed by atoms with Gasteiger partial charge >= 0.3 is 0 Å². The van der Waals surface area contributed by atoms with Crippen molar-refractivity contribution in [1.82, 2.24) is 5.32 Å². The summed E-state index contributed by atoms with van der Waals surface area (Å²) in [5.74, 6) is 0.755. The van der Waals surface area contributed by atoms with Gasteiger partial charge in [0, 0.05) is 8.96 Å². The Morgan fingerprint density at radius 3 is 2.70 bits per heavy atom. The summed E-state index contributed by atoms with van der Waals surface area (Å²) in [5, 5.41) is 7.16. The SMILES string of the molecule is CC(NCC(=O)Nc1ccccc1I)c1cc2ccccc2o1. The van der Waals surface area contributed by atoms with Crippen LogP contribution in [0, 0.1) is 3.57 Å². The highest BCUT2D eigenvalue weighted by Crippen LogP contribution is 2.23. The quantitative estimate of drug-likeness (QED) is 0.605. The number of furan rings is 1. The zero-order valence-corrected chi connectivity index (χ0v) is 14.8. The van der Waals surface area contributed by atoms with Gasteiger partial charge in [0.05, 0.1) is 18.3 Å². The summed E-state index contributed by atoms with van der Waals surface area (Å²) < 4.78 is 6.82. The number of benzene rings is 2. The molecule has 23 heavy (non-hydrogen) atoms. The third kappa shape index (κ3) is 3.92. The highest BCUT2D eigenvalue weighted by Gasteiger charge is 2.13. The predicted octanol–water partition coefficient (Wildman–Crippen LogP) is 4.33. The normalized spacial score (nSPS) is 12.3. The van der Waals surface area contributed by atoms with Gasteiger partial charge in [0.1, 0.15) is 11.3 Å². The van der Waals surface area contributed by atoms with E-state index in [1.807, 2.05) is 61.5 Å². The standard InChI is InChI=1S/C18H17IN2O2/c1-12(17-10-13-6-2-5-9-16(13)23-17)20-11-18(22)21-15-8-4-3-7-14(15)19/h2-10,12,20H,11H2,1H3,(H,21,22). The van der Waals surface area contributed by atoms with E-state index >= 15 is 0 Å². The molecule has 0 aliphatic carbocycles. The molecule has 0 saturated carbocycles. The Hall–Kier alpha value is -1.86. The Balaban J connectivity index is 1.59. The maximum absolute atomic E-state index is 12.1. The maximum Gasteiger partial charge on any atom is 0.238 e. The molecule has 1 aromatic heterocycles. The van der Waals surface area contributed by atoms with E-state index in [9.17, 15) is 4.79 Å². The van der Waals surface area contributed by atoms with E-state index in [0.717, 1.165) is 26.0 Å². The summed E-state index contributed by atoms with van der Waals surface area (Å²) in [5.41, 5.74) is 1.69. The third-order valence-corrected chi connectivity index (χ3v) is 4.53. The van der Waals surface area contributed by atoms with Crippen LogP contribution >= 0.6 is 22.6 Å². The van der Waals surface area contributed by atoms with E-state index < -0.39 is 0 Å². The fourth-order valence-electron chi connectivity index (χ4n) is 2.32. The summed E-state index contributed by atoms with van der Waals surface area (Å²) in [6, 6.07) is 17.5. The van der Waals surface area contributed by atoms with Crippen molar-refractivity contribution in [2.75, 3.05) is 11.9 Å². The van der Waals surface area contributed by atoms with Gasteiger partial charge in [-0.25, -0.2) is 0 Å². The lowest BCUT2D eigenvalue weighted by Gasteiger charge is -2.12. The van der Waals surface area contributed by atoms with Crippen LogP contribution in [0.25, 0.3) is 11.0 Å². The second-order valence-corrected chi connectivity index (χ2v) is 6.48. The molecule has 0 aliphatic rings. The molecule has 1 atom stereocenters. The predicted molar refractivity (Wildman–Crippen MR) is 100 cm³/mol. The lowest BCUT2D eigenvalue weighted by molar-refractivity contribution is -0.115. The number of hydrogen-bond acceptors (Lipinski definition) is 3. The minimum Gasteiger partial charge on any atom is -0.459 e. The molecule has 2 N–H and O–H groups in total. The van der Waals surface area contributed by atoms with Crippen LogP contribution in [0.5, 0.6) is 0 Å². The minimum atomic E-state index is -0.0722. The average molecular weight is 420 g/mol. The van der Waals surface area contributed by atoms with Crippen molar-refractivity contribution in [1.29, 1.82) is 0 Å². The molecule has 118 valence electrons. The van der Waals surface area contributed by atoms with Crippen molar-refractivity contribution < 1.29 is 9.21 Å². The summed E-state index contributed by atoms with van der Waals surface area (Å²) in [4.78, 5) is 12.1. The molecule has 0 aliphatic heterocycles. The third-order valence-electron chi connectivity index (χ3n) is 3.59. The van der Waals surface area contributed by atoms with E-state index in [-0.39, 0.29) is 18.5 Å². The number of carbonyl (C=O) groups excluding carboxylic acids is 1. The molecule has 0 spiro atoms. The summed E-state index contributed by atoms with van der Waals surface area (Å²) in [6.07, 6.45) is 0. The van der Waals surface area contributed by atoms with E-state index in [1.165, 1.54) is 0 Å². The fourth-order valence-corrected chi connectivity index (χ4v) is 2.84. The van der Waals surface area contributed by atoms with Crippen LogP contribution in [0.3, 0.4) is 0 Å². The van der Waals surface area contributed by atoms with Crippen LogP contribution in [0.2, 0.25) is 0 Å². The molecule has 2 aromatic carbocycles. The highest BCUT2D eigenvalue weighted by atomic mass is 127. The smallest absolute Gasteiger partial charge is 0.238 e. The van der Waals surface area contributed by atoms with Crippen molar-refractivity contribution in [3.63, 3.8) is 0 Å². The molecule has 4 nitrogen and oxygen atoms in total. The number of carbonyl (C=O) groups is 1. The van der Waals surface area contributed by atoms with Crippen molar-refractivity contribution in [3.8, 4) is 0 Å². The van der Waals surface area contributed by atoms with Gasteiger partial charge in [0.25, 0.3) is 0 Å². The molecule has 0 saturated heterocycles. The Bertz CT molecular complexity index is 796. The maximum atomic E-state index is 12.1. The number of nitrogens with one attached hydrogen (secondary N) is 2. The highest BCUT2D eigenvalue weighted by molar-refractivity contribution is 14.1. The fraction of sp³-hybridized carbons (Fsp3) is 0.167. The lowest BCUT2D eigenvalue weighted by atomic mass is 10.2. The first-order valence-corrected chi connectivity index (χ1v) is 8.47.